The summed E-state index contributed by atoms with van der Waals surface area (Å²) in [5.41, 5.74) is 0.0172. The molecule has 1 aliphatic rings. The number of nitrogens with zero attached hydrogens (tertiary/aromatic N) is 1. The molecule has 98 valence electrons. The van der Waals surface area contributed by atoms with E-state index in [0.29, 0.717) is 10.9 Å². The Bertz CT molecular complexity index is 456. The molecule has 0 aromatic carbocycles. The van der Waals surface area contributed by atoms with Crippen LogP contribution in [0.5, 0.6) is 0 Å². The highest BCUT2D eigenvalue weighted by Gasteiger charge is 2.28. The standard InChI is InChI=1S/C11H15N3O3S/c1-6(7-2-3-7)13-11(17)12-4-9-14-8(5-18-9)10(15)16/h5-7H,2-4H2,1H3,(H,15,16)(H2,12,13,17). The third-order valence-corrected chi connectivity index (χ3v) is 3.71. The summed E-state index contributed by atoms with van der Waals surface area (Å²) >= 11 is 1.22. The molecule has 1 aromatic rings. The Kier molecular flexibility index (Phi) is 3.81. The molecule has 6 nitrogen and oxygen atoms in total. The van der Waals surface area contributed by atoms with Gasteiger partial charge in [-0.25, -0.2) is 14.6 Å². The smallest absolute Gasteiger partial charge is 0.355 e. The van der Waals surface area contributed by atoms with E-state index in [1.54, 1.807) is 0 Å². The molecule has 1 atom stereocenters. The Hall–Kier alpha value is -1.63. The lowest BCUT2D eigenvalue weighted by Crippen LogP contribution is -2.41. The Morgan fingerprint density at radius 1 is 1.61 bits per heavy atom. The number of carbonyl (C=O) groups excluding carboxylic acids is 1. The largest absolute Gasteiger partial charge is 0.476 e. The molecule has 1 fully saturated rings. The van der Waals surface area contributed by atoms with Crippen molar-refractivity contribution in [1.82, 2.24) is 15.6 Å². The van der Waals surface area contributed by atoms with Crippen molar-refractivity contribution in [3.63, 3.8) is 0 Å². The van der Waals surface area contributed by atoms with Gasteiger partial charge in [-0.2, -0.15) is 0 Å². The minimum Gasteiger partial charge on any atom is -0.476 e. The first kappa shape index (κ1) is 12.8. The summed E-state index contributed by atoms with van der Waals surface area (Å²) in [7, 11) is 0. The second-order valence-corrected chi connectivity index (χ2v) is 5.33. The number of carboxylic acids is 1. The van der Waals surface area contributed by atoms with Crippen LogP contribution in [0.3, 0.4) is 0 Å². The SMILES string of the molecule is CC(NC(=O)NCc1nc(C(=O)O)cs1)C1CC1. The van der Waals surface area contributed by atoms with Crippen LogP contribution in [-0.4, -0.2) is 28.1 Å². The molecular weight excluding hydrogens is 254 g/mol. The van der Waals surface area contributed by atoms with Gasteiger partial charge in [-0.05, 0) is 25.7 Å². The maximum Gasteiger partial charge on any atom is 0.355 e. The van der Waals surface area contributed by atoms with Crippen LogP contribution in [0.1, 0.15) is 35.3 Å². The van der Waals surface area contributed by atoms with Gasteiger partial charge in [-0.3, -0.25) is 0 Å². The van der Waals surface area contributed by atoms with Gasteiger partial charge in [0, 0.05) is 11.4 Å². The van der Waals surface area contributed by atoms with Crippen molar-refractivity contribution in [3.8, 4) is 0 Å². The lowest BCUT2D eigenvalue weighted by Gasteiger charge is -2.12. The van der Waals surface area contributed by atoms with Crippen LogP contribution in [0.25, 0.3) is 0 Å². The minimum absolute atomic E-state index is 0.0172. The fourth-order valence-corrected chi connectivity index (χ4v) is 2.33. The summed E-state index contributed by atoms with van der Waals surface area (Å²) in [5, 5.41) is 16.3. The Labute approximate surface area is 108 Å². The molecule has 2 rings (SSSR count). The average molecular weight is 269 g/mol. The van der Waals surface area contributed by atoms with E-state index in [4.69, 9.17) is 5.11 Å². The zero-order valence-electron chi connectivity index (χ0n) is 9.97. The molecule has 1 unspecified atom stereocenters. The predicted molar refractivity (Wildman–Crippen MR) is 66.6 cm³/mol. The molecule has 1 aromatic heterocycles. The number of thiazole rings is 1. The molecule has 0 bridgehead atoms. The first-order valence-corrected chi connectivity index (χ1v) is 6.66. The van der Waals surface area contributed by atoms with Crippen molar-refractivity contribution in [1.29, 1.82) is 0 Å². The molecule has 7 heteroatoms. The molecule has 2 amide bonds. The molecule has 1 aliphatic carbocycles. The number of hydrogen-bond acceptors (Lipinski definition) is 4. The molecule has 0 aliphatic heterocycles. The summed E-state index contributed by atoms with van der Waals surface area (Å²) in [5.74, 6) is -0.446. The molecule has 1 heterocycles. The van der Waals surface area contributed by atoms with Crippen LogP contribution >= 0.6 is 11.3 Å². The monoisotopic (exact) mass is 269 g/mol. The molecule has 18 heavy (non-hydrogen) atoms. The second-order valence-electron chi connectivity index (χ2n) is 4.38. The molecule has 0 saturated heterocycles. The van der Waals surface area contributed by atoms with Crippen molar-refractivity contribution < 1.29 is 14.7 Å². The zero-order chi connectivity index (χ0) is 13.1. The topological polar surface area (TPSA) is 91.3 Å². The first-order valence-electron chi connectivity index (χ1n) is 5.78. The molecule has 3 N–H and O–H groups in total. The van der Waals surface area contributed by atoms with Gasteiger partial charge in [0.05, 0.1) is 6.54 Å². The van der Waals surface area contributed by atoms with Crippen LogP contribution in [0.15, 0.2) is 5.38 Å². The van der Waals surface area contributed by atoms with Crippen LogP contribution < -0.4 is 10.6 Å². The fraction of sp³-hybridized carbons (Fsp3) is 0.545. The number of aromatic carboxylic acids is 1. The first-order chi connectivity index (χ1) is 8.56. The summed E-state index contributed by atoms with van der Waals surface area (Å²) in [6.07, 6.45) is 2.35. The lowest BCUT2D eigenvalue weighted by atomic mass is 10.2. The van der Waals surface area contributed by atoms with E-state index in [-0.39, 0.29) is 24.3 Å². The lowest BCUT2D eigenvalue weighted by molar-refractivity contribution is 0.0691. The predicted octanol–water partition coefficient (Wildman–Crippen LogP) is 1.44. The Morgan fingerprint density at radius 3 is 2.89 bits per heavy atom. The van der Waals surface area contributed by atoms with E-state index in [1.807, 2.05) is 6.92 Å². The second kappa shape index (κ2) is 5.34. The highest BCUT2D eigenvalue weighted by Crippen LogP contribution is 2.32. The molecule has 1 saturated carbocycles. The van der Waals surface area contributed by atoms with E-state index >= 15 is 0 Å². The number of rotatable bonds is 5. The van der Waals surface area contributed by atoms with Gasteiger partial charge in [0.2, 0.25) is 0 Å². The van der Waals surface area contributed by atoms with Gasteiger partial charge in [0.25, 0.3) is 0 Å². The maximum atomic E-state index is 11.5. The number of carboxylic acid groups (broad SMARTS) is 1. The number of urea groups is 1. The van der Waals surface area contributed by atoms with Crippen LogP contribution in [0.4, 0.5) is 4.79 Å². The summed E-state index contributed by atoms with van der Waals surface area (Å²) in [4.78, 5) is 26.0. The van der Waals surface area contributed by atoms with Gasteiger partial charge >= 0.3 is 12.0 Å². The molecule has 0 radical (unpaired) electrons. The van der Waals surface area contributed by atoms with Crippen LogP contribution in [0, 0.1) is 5.92 Å². The van der Waals surface area contributed by atoms with Crippen molar-refractivity contribution in [2.75, 3.05) is 0 Å². The van der Waals surface area contributed by atoms with E-state index in [0.717, 1.165) is 0 Å². The van der Waals surface area contributed by atoms with Crippen molar-refractivity contribution in [2.45, 2.75) is 32.4 Å². The molecule has 0 spiro atoms. The highest BCUT2D eigenvalue weighted by molar-refractivity contribution is 7.09. The summed E-state index contributed by atoms with van der Waals surface area (Å²) < 4.78 is 0. The van der Waals surface area contributed by atoms with Gasteiger partial charge in [0.1, 0.15) is 5.01 Å². The minimum atomic E-state index is -1.05. The molecular formula is C11H15N3O3S. The van der Waals surface area contributed by atoms with E-state index < -0.39 is 5.97 Å². The van der Waals surface area contributed by atoms with E-state index in [1.165, 1.54) is 29.6 Å². The zero-order valence-corrected chi connectivity index (χ0v) is 10.8. The normalized spacial score (nSPS) is 16.1. The Morgan fingerprint density at radius 2 is 2.33 bits per heavy atom. The van der Waals surface area contributed by atoms with Gasteiger partial charge in [0.15, 0.2) is 5.69 Å². The van der Waals surface area contributed by atoms with E-state index in [2.05, 4.69) is 15.6 Å². The summed E-state index contributed by atoms with van der Waals surface area (Å²) in [6, 6.07) is -0.0441. The summed E-state index contributed by atoms with van der Waals surface area (Å²) in [6.45, 7) is 2.24. The quantitative estimate of drug-likeness (QED) is 0.754. The van der Waals surface area contributed by atoms with Crippen molar-refractivity contribution >= 4 is 23.3 Å². The van der Waals surface area contributed by atoms with Crippen molar-refractivity contribution in [3.05, 3.63) is 16.1 Å². The number of hydrogen-bond donors (Lipinski definition) is 3. The fourth-order valence-electron chi connectivity index (χ4n) is 1.62. The third kappa shape index (κ3) is 3.43. The average Bonchev–Trinajstić information content (AvgIpc) is 3.05. The number of nitrogens with one attached hydrogen (secondary N) is 2. The van der Waals surface area contributed by atoms with Gasteiger partial charge in [-0.1, -0.05) is 0 Å². The van der Waals surface area contributed by atoms with E-state index in [9.17, 15) is 9.59 Å². The van der Waals surface area contributed by atoms with Gasteiger partial charge < -0.3 is 15.7 Å². The maximum absolute atomic E-state index is 11.5. The van der Waals surface area contributed by atoms with Gasteiger partial charge in [-0.15, -0.1) is 11.3 Å². The number of aromatic nitrogens is 1. The third-order valence-electron chi connectivity index (χ3n) is 2.86. The highest BCUT2D eigenvalue weighted by atomic mass is 32.1. The van der Waals surface area contributed by atoms with Crippen LogP contribution in [0.2, 0.25) is 0 Å². The Balaban J connectivity index is 1.75. The van der Waals surface area contributed by atoms with Crippen LogP contribution in [-0.2, 0) is 6.54 Å². The number of amides is 2. The number of carbonyl (C=O) groups is 2. The van der Waals surface area contributed by atoms with Crippen molar-refractivity contribution in [2.24, 2.45) is 5.92 Å².